The van der Waals surface area contributed by atoms with Crippen molar-refractivity contribution in [1.82, 2.24) is 5.32 Å². The monoisotopic (exact) mass is 380 g/mol. The lowest BCUT2D eigenvalue weighted by atomic mass is 10.2. The SMILES string of the molecule is S=C(Nc1ccc(I)cc1Cl)NC1CCCC1. The van der Waals surface area contributed by atoms with Crippen LogP contribution in [-0.2, 0) is 0 Å². The molecule has 0 bridgehead atoms. The summed E-state index contributed by atoms with van der Waals surface area (Å²) in [7, 11) is 0. The van der Waals surface area contributed by atoms with Crippen LogP contribution < -0.4 is 10.6 Å². The van der Waals surface area contributed by atoms with Crippen LogP contribution in [0, 0.1) is 3.57 Å². The molecule has 1 aromatic carbocycles. The first kappa shape index (κ1) is 13.4. The third-order valence-electron chi connectivity index (χ3n) is 2.87. The summed E-state index contributed by atoms with van der Waals surface area (Å²) in [6.07, 6.45) is 5.01. The molecule has 2 nitrogen and oxygen atoms in total. The molecular weight excluding hydrogens is 367 g/mol. The number of thiocarbonyl (C=S) groups is 1. The molecule has 0 unspecified atom stereocenters. The van der Waals surface area contributed by atoms with Gasteiger partial charge < -0.3 is 10.6 Å². The normalized spacial score (nSPS) is 15.9. The number of anilines is 1. The first-order chi connectivity index (χ1) is 8.15. The van der Waals surface area contributed by atoms with Crippen LogP contribution >= 0.6 is 46.4 Å². The van der Waals surface area contributed by atoms with E-state index in [0.717, 1.165) is 9.26 Å². The predicted molar refractivity (Wildman–Crippen MR) is 85.8 cm³/mol. The molecule has 92 valence electrons. The molecule has 1 aliphatic carbocycles. The lowest BCUT2D eigenvalue weighted by Gasteiger charge is -2.16. The number of nitrogens with one attached hydrogen (secondary N) is 2. The number of benzene rings is 1. The van der Waals surface area contributed by atoms with E-state index < -0.39 is 0 Å². The van der Waals surface area contributed by atoms with Crippen LogP contribution in [0.25, 0.3) is 0 Å². The maximum absolute atomic E-state index is 6.14. The van der Waals surface area contributed by atoms with Gasteiger partial charge in [-0.15, -0.1) is 0 Å². The average Bonchev–Trinajstić information content (AvgIpc) is 2.75. The molecule has 1 saturated carbocycles. The third kappa shape index (κ3) is 3.96. The Morgan fingerprint density at radius 3 is 2.71 bits per heavy atom. The Bertz CT molecular complexity index is 419. The third-order valence-corrected chi connectivity index (χ3v) is 4.07. The Labute approximate surface area is 126 Å². The molecule has 0 saturated heterocycles. The lowest BCUT2D eigenvalue weighted by Crippen LogP contribution is -2.35. The van der Waals surface area contributed by atoms with Crippen molar-refractivity contribution in [2.45, 2.75) is 31.7 Å². The Morgan fingerprint density at radius 1 is 1.35 bits per heavy atom. The summed E-state index contributed by atoms with van der Waals surface area (Å²) in [4.78, 5) is 0. The molecule has 1 fully saturated rings. The molecule has 0 amide bonds. The summed E-state index contributed by atoms with van der Waals surface area (Å²) in [5, 5.41) is 7.85. The van der Waals surface area contributed by atoms with Crippen LogP contribution in [0.3, 0.4) is 0 Å². The number of halogens is 2. The minimum absolute atomic E-state index is 0.526. The number of hydrogen-bond acceptors (Lipinski definition) is 1. The first-order valence-corrected chi connectivity index (χ1v) is 7.54. The summed E-state index contributed by atoms with van der Waals surface area (Å²) in [6.45, 7) is 0. The van der Waals surface area contributed by atoms with Crippen molar-refractivity contribution >= 4 is 57.2 Å². The highest BCUT2D eigenvalue weighted by Gasteiger charge is 2.15. The largest absolute Gasteiger partial charge is 0.360 e. The summed E-state index contributed by atoms with van der Waals surface area (Å²) in [6, 6.07) is 6.40. The Hall–Kier alpha value is -0.0700. The molecule has 0 aliphatic heterocycles. The van der Waals surface area contributed by atoms with Crippen LogP contribution in [0.15, 0.2) is 18.2 Å². The minimum Gasteiger partial charge on any atom is -0.360 e. The van der Waals surface area contributed by atoms with Crippen molar-refractivity contribution in [3.63, 3.8) is 0 Å². The molecule has 2 rings (SSSR count). The van der Waals surface area contributed by atoms with Gasteiger partial charge in [-0.3, -0.25) is 0 Å². The van der Waals surface area contributed by atoms with E-state index in [0.29, 0.717) is 16.2 Å². The molecule has 0 aromatic heterocycles. The van der Waals surface area contributed by atoms with Crippen molar-refractivity contribution in [3.8, 4) is 0 Å². The van der Waals surface area contributed by atoms with Gasteiger partial charge in [0.15, 0.2) is 5.11 Å². The molecule has 0 spiro atoms. The quantitative estimate of drug-likeness (QED) is 0.595. The molecule has 0 atom stereocenters. The van der Waals surface area contributed by atoms with Gasteiger partial charge in [-0.1, -0.05) is 24.4 Å². The van der Waals surface area contributed by atoms with Crippen LogP contribution in [0.1, 0.15) is 25.7 Å². The van der Waals surface area contributed by atoms with Gasteiger partial charge in [0.1, 0.15) is 0 Å². The van der Waals surface area contributed by atoms with E-state index in [1.54, 1.807) is 0 Å². The van der Waals surface area contributed by atoms with Gasteiger partial charge in [-0.05, 0) is 65.8 Å². The van der Waals surface area contributed by atoms with Crippen LogP contribution in [0.5, 0.6) is 0 Å². The number of hydrogen-bond donors (Lipinski definition) is 2. The topological polar surface area (TPSA) is 24.1 Å². The molecule has 0 heterocycles. The zero-order chi connectivity index (χ0) is 12.3. The van der Waals surface area contributed by atoms with E-state index in [9.17, 15) is 0 Å². The van der Waals surface area contributed by atoms with Crippen LogP contribution in [0.2, 0.25) is 5.02 Å². The Kier molecular flexibility index (Phi) is 4.87. The molecule has 1 aliphatic rings. The summed E-state index contributed by atoms with van der Waals surface area (Å²) >= 11 is 13.7. The summed E-state index contributed by atoms with van der Waals surface area (Å²) in [5.74, 6) is 0. The maximum Gasteiger partial charge on any atom is 0.171 e. The van der Waals surface area contributed by atoms with Gasteiger partial charge in [0, 0.05) is 9.61 Å². The predicted octanol–water partition coefficient (Wildman–Crippen LogP) is 4.17. The van der Waals surface area contributed by atoms with Crippen molar-refractivity contribution in [1.29, 1.82) is 0 Å². The molecule has 1 aromatic rings. The smallest absolute Gasteiger partial charge is 0.171 e. The second-order valence-corrected chi connectivity index (χ2v) is 6.27. The second kappa shape index (κ2) is 6.20. The first-order valence-electron chi connectivity index (χ1n) is 5.68. The molecule has 5 heteroatoms. The average molecular weight is 381 g/mol. The van der Waals surface area contributed by atoms with Gasteiger partial charge >= 0.3 is 0 Å². The zero-order valence-corrected chi connectivity index (χ0v) is 13.0. The maximum atomic E-state index is 6.14. The van der Waals surface area contributed by atoms with E-state index in [4.69, 9.17) is 23.8 Å². The van der Waals surface area contributed by atoms with Gasteiger partial charge in [0.05, 0.1) is 10.7 Å². The van der Waals surface area contributed by atoms with Gasteiger partial charge in [0.25, 0.3) is 0 Å². The fraction of sp³-hybridized carbons (Fsp3) is 0.417. The molecule has 17 heavy (non-hydrogen) atoms. The van der Waals surface area contributed by atoms with E-state index in [2.05, 4.69) is 33.2 Å². The van der Waals surface area contributed by atoms with E-state index in [-0.39, 0.29) is 0 Å². The van der Waals surface area contributed by atoms with Crippen molar-refractivity contribution in [3.05, 3.63) is 26.8 Å². The van der Waals surface area contributed by atoms with Crippen LogP contribution in [0.4, 0.5) is 5.69 Å². The number of rotatable bonds is 2. The van der Waals surface area contributed by atoms with E-state index >= 15 is 0 Å². The Morgan fingerprint density at radius 2 is 2.06 bits per heavy atom. The van der Waals surface area contributed by atoms with Crippen LogP contribution in [-0.4, -0.2) is 11.2 Å². The highest BCUT2D eigenvalue weighted by Crippen LogP contribution is 2.24. The van der Waals surface area contributed by atoms with Gasteiger partial charge in [0.2, 0.25) is 0 Å². The fourth-order valence-corrected chi connectivity index (χ4v) is 3.18. The Balaban J connectivity index is 1.93. The molecule has 0 radical (unpaired) electrons. The summed E-state index contributed by atoms with van der Waals surface area (Å²) < 4.78 is 1.12. The fourth-order valence-electron chi connectivity index (χ4n) is 2.00. The zero-order valence-electron chi connectivity index (χ0n) is 9.30. The van der Waals surface area contributed by atoms with Crippen molar-refractivity contribution in [2.24, 2.45) is 0 Å². The van der Waals surface area contributed by atoms with Gasteiger partial charge in [-0.25, -0.2) is 0 Å². The molecular formula is C12H14ClIN2S. The standard InChI is InChI=1S/C12H14ClIN2S/c13-10-7-8(14)5-6-11(10)16-12(17)15-9-3-1-2-4-9/h5-7,9H,1-4H2,(H2,15,16,17). The van der Waals surface area contributed by atoms with E-state index in [1.165, 1.54) is 25.7 Å². The second-order valence-electron chi connectivity index (χ2n) is 4.20. The lowest BCUT2D eigenvalue weighted by molar-refractivity contribution is 0.634. The summed E-state index contributed by atoms with van der Waals surface area (Å²) in [5.41, 5.74) is 0.863. The van der Waals surface area contributed by atoms with E-state index in [1.807, 2.05) is 18.2 Å². The minimum atomic E-state index is 0.526. The van der Waals surface area contributed by atoms with Crippen molar-refractivity contribution in [2.75, 3.05) is 5.32 Å². The van der Waals surface area contributed by atoms with Gasteiger partial charge in [-0.2, -0.15) is 0 Å². The van der Waals surface area contributed by atoms with Crippen molar-refractivity contribution < 1.29 is 0 Å². The highest BCUT2D eigenvalue weighted by atomic mass is 127. The molecule has 2 N–H and O–H groups in total. The highest BCUT2D eigenvalue weighted by molar-refractivity contribution is 14.1.